The van der Waals surface area contributed by atoms with Gasteiger partial charge in [0.25, 0.3) is 0 Å². The Morgan fingerprint density at radius 2 is 1.60 bits per heavy atom. The van der Waals surface area contributed by atoms with Gasteiger partial charge in [-0.05, 0) is 24.1 Å². The Hall–Kier alpha value is -2.62. The Bertz CT molecular complexity index is 605. The maximum atomic E-state index is 11.7. The van der Waals surface area contributed by atoms with E-state index in [0.29, 0.717) is 6.42 Å². The van der Waals surface area contributed by atoms with Gasteiger partial charge in [0.05, 0.1) is 0 Å². The number of carboxylic acids is 1. The molecule has 2 aromatic carbocycles. The quantitative estimate of drug-likeness (QED) is 0.670. The highest BCUT2D eigenvalue weighted by molar-refractivity contribution is 5.91. The molecule has 0 aliphatic rings. The zero-order valence-electron chi connectivity index (χ0n) is 10.8. The van der Waals surface area contributed by atoms with Gasteiger partial charge in [-0.1, -0.05) is 42.5 Å². The number of para-hydroxylation sites is 1. The number of hydrogen-bond donors (Lipinski definition) is 1. The van der Waals surface area contributed by atoms with Crippen molar-refractivity contribution in [2.75, 3.05) is 0 Å². The van der Waals surface area contributed by atoms with Crippen molar-refractivity contribution in [3.63, 3.8) is 0 Å². The van der Waals surface area contributed by atoms with E-state index in [1.54, 1.807) is 12.1 Å². The van der Waals surface area contributed by atoms with E-state index in [1.165, 1.54) is 12.1 Å². The Balaban J connectivity index is 1.97. The predicted octanol–water partition coefficient (Wildman–Crippen LogP) is 2.92. The van der Waals surface area contributed by atoms with Crippen molar-refractivity contribution in [2.24, 2.45) is 0 Å². The van der Waals surface area contributed by atoms with Crippen molar-refractivity contribution in [3.05, 3.63) is 65.7 Å². The Morgan fingerprint density at radius 1 is 0.950 bits per heavy atom. The standard InChI is InChI=1S/C16H14O4/c17-15(11-10-12-6-2-1-3-7-12)20-14-9-5-4-8-13(14)16(18)19/h1-9H,10-11H2,(H,18,19). The van der Waals surface area contributed by atoms with Crippen molar-refractivity contribution in [1.29, 1.82) is 0 Å². The van der Waals surface area contributed by atoms with Crippen LogP contribution in [0.3, 0.4) is 0 Å². The molecule has 4 nitrogen and oxygen atoms in total. The van der Waals surface area contributed by atoms with Gasteiger partial charge in [0.15, 0.2) is 0 Å². The van der Waals surface area contributed by atoms with Crippen molar-refractivity contribution in [2.45, 2.75) is 12.8 Å². The topological polar surface area (TPSA) is 63.6 Å². The number of hydrogen-bond acceptors (Lipinski definition) is 3. The van der Waals surface area contributed by atoms with Gasteiger partial charge in [-0.25, -0.2) is 4.79 Å². The summed E-state index contributed by atoms with van der Waals surface area (Å²) in [7, 11) is 0. The largest absolute Gasteiger partial charge is 0.478 e. The van der Waals surface area contributed by atoms with Crippen LogP contribution < -0.4 is 4.74 Å². The molecule has 0 spiro atoms. The van der Waals surface area contributed by atoms with Crippen LogP contribution in [0.5, 0.6) is 5.75 Å². The average Bonchev–Trinajstić information content (AvgIpc) is 2.46. The zero-order chi connectivity index (χ0) is 14.4. The fourth-order valence-corrected chi connectivity index (χ4v) is 1.80. The minimum absolute atomic E-state index is 0.0134. The normalized spacial score (nSPS) is 10.0. The maximum absolute atomic E-state index is 11.7. The number of aromatic carboxylic acids is 1. The summed E-state index contributed by atoms with van der Waals surface area (Å²) in [6.07, 6.45) is 0.771. The molecule has 0 saturated carbocycles. The van der Waals surface area contributed by atoms with E-state index in [9.17, 15) is 9.59 Å². The number of rotatable bonds is 5. The molecular weight excluding hydrogens is 256 g/mol. The first-order valence-corrected chi connectivity index (χ1v) is 6.24. The van der Waals surface area contributed by atoms with Gasteiger partial charge in [-0.3, -0.25) is 4.79 Å². The molecule has 0 aliphatic carbocycles. The van der Waals surface area contributed by atoms with Crippen LogP contribution in [-0.2, 0) is 11.2 Å². The number of ether oxygens (including phenoxy) is 1. The first kappa shape index (κ1) is 13.8. The van der Waals surface area contributed by atoms with Gasteiger partial charge >= 0.3 is 11.9 Å². The molecule has 0 fully saturated rings. The van der Waals surface area contributed by atoms with E-state index in [0.717, 1.165) is 5.56 Å². The van der Waals surface area contributed by atoms with Gasteiger partial charge < -0.3 is 9.84 Å². The lowest BCUT2D eigenvalue weighted by Gasteiger charge is -2.07. The third-order valence-corrected chi connectivity index (χ3v) is 2.80. The van der Waals surface area contributed by atoms with E-state index in [1.807, 2.05) is 30.3 Å². The van der Waals surface area contributed by atoms with Gasteiger partial charge in [0.1, 0.15) is 11.3 Å². The molecule has 0 unspecified atom stereocenters. The van der Waals surface area contributed by atoms with Crippen LogP contribution in [0.4, 0.5) is 0 Å². The maximum Gasteiger partial charge on any atom is 0.339 e. The highest BCUT2D eigenvalue weighted by atomic mass is 16.5. The molecule has 0 aliphatic heterocycles. The van der Waals surface area contributed by atoms with E-state index < -0.39 is 11.9 Å². The minimum atomic E-state index is -1.11. The molecule has 0 saturated heterocycles. The number of aryl methyl sites for hydroxylation is 1. The molecule has 0 bridgehead atoms. The molecule has 20 heavy (non-hydrogen) atoms. The van der Waals surface area contributed by atoms with Gasteiger partial charge in [-0.15, -0.1) is 0 Å². The lowest BCUT2D eigenvalue weighted by atomic mass is 10.1. The Labute approximate surface area is 116 Å². The van der Waals surface area contributed by atoms with Gasteiger partial charge in [0.2, 0.25) is 0 Å². The fourth-order valence-electron chi connectivity index (χ4n) is 1.80. The number of carbonyl (C=O) groups excluding carboxylic acids is 1. The Kier molecular flexibility index (Phi) is 4.50. The molecule has 1 N–H and O–H groups in total. The Morgan fingerprint density at radius 3 is 2.30 bits per heavy atom. The first-order valence-electron chi connectivity index (χ1n) is 6.24. The molecule has 102 valence electrons. The summed E-state index contributed by atoms with van der Waals surface area (Å²) in [5, 5.41) is 9.00. The number of carboxylic acid groups (broad SMARTS) is 1. The predicted molar refractivity (Wildman–Crippen MR) is 73.8 cm³/mol. The fraction of sp³-hybridized carbons (Fsp3) is 0.125. The van der Waals surface area contributed by atoms with Crippen molar-refractivity contribution in [3.8, 4) is 5.75 Å². The summed E-state index contributed by atoms with van der Waals surface area (Å²) in [6.45, 7) is 0. The monoisotopic (exact) mass is 270 g/mol. The summed E-state index contributed by atoms with van der Waals surface area (Å²) in [4.78, 5) is 22.7. The van der Waals surface area contributed by atoms with Gasteiger partial charge in [0, 0.05) is 6.42 Å². The van der Waals surface area contributed by atoms with Crippen LogP contribution in [0.25, 0.3) is 0 Å². The second-order valence-electron chi connectivity index (χ2n) is 4.26. The van der Waals surface area contributed by atoms with Crippen molar-refractivity contribution in [1.82, 2.24) is 0 Å². The summed E-state index contributed by atoms with van der Waals surface area (Å²) < 4.78 is 5.11. The van der Waals surface area contributed by atoms with E-state index in [-0.39, 0.29) is 17.7 Å². The van der Waals surface area contributed by atoms with Crippen LogP contribution in [0.2, 0.25) is 0 Å². The smallest absolute Gasteiger partial charge is 0.339 e. The van der Waals surface area contributed by atoms with Crippen LogP contribution in [0.1, 0.15) is 22.3 Å². The third kappa shape index (κ3) is 3.68. The molecule has 0 radical (unpaired) electrons. The van der Waals surface area contributed by atoms with E-state index in [4.69, 9.17) is 9.84 Å². The molecule has 0 aromatic heterocycles. The second kappa shape index (κ2) is 6.52. The highest BCUT2D eigenvalue weighted by Crippen LogP contribution is 2.18. The SMILES string of the molecule is O=C(CCc1ccccc1)Oc1ccccc1C(=O)O. The second-order valence-corrected chi connectivity index (χ2v) is 4.26. The number of carbonyl (C=O) groups is 2. The molecule has 2 aromatic rings. The highest BCUT2D eigenvalue weighted by Gasteiger charge is 2.13. The molecule has 4 heteroatoms. The van der Waals surface area contributed by atoms with E-state index >= 15 is 0 Å². The lowest BCUT2D eigenvalue weighted by molar-refractivity contribution is -0.134. The summed E-state index contributed by atoms with van der Waals surface area (Å²) in [5.41, 5.74) is 1.02. The summed E-state index contributed by atoms with van der Waals surface area (Å²) in [5.74, 6) is -1.47. The van der Waals surface area contributed by atoms with Crippen LogP contribution in [-0.4, -0.2) is 17.0 Å². The molecule has 2 rings (SSSR count). The number of esters is 1. The number of benzene rings is 2. The molecule has 0 heterocycles. The van der Waals surface area contributed by atoms with Crippen LogP contribution in [0.15, 0.2) is 54.6 Å². The minimum Gasteiger partial charge on any atom is -0.478 e. The molecule has 0 amide bonds. The van der Waals surface area contributed by atoms with E-state index in [2.05, 4.69) is 0 Å². The van der Waals surface area contributed by atoms with Crippen molar-refractivity contribution < 1.29 is 19.4 Å². The van der Waals surface area contributed by atoms with Crippen molar-refractivity contribution >= 4 is 11.9 Å². The average molecular weight is 270 g/mol. The third-order valence-electron chi connectivity index (χ3n) is 2.80. The van der Waals surface area contributed by atoms with Gasteiger partial charge in [-0.2, -0.15) is 0 Å². The van der Waals surface area contributed by atoms with Crippen LogP contribution >= 0.6 is 0 Å². The summed E-state index contributed by atoms with van der Waals surface area (Å²) in [6, 6.07) is 15.7. The summed E-state index contributed by atoms with van der Waals surface area (Å²) >= 11 is 0. The first-order chi connectivity index (χ1) is 9.66. The lowest BCUT2D eigenvalue weighted by Crippen LogP contribution is -2.11. The molecule has 0 atom stereocenters. The molecular formula is C16H14O4. The zero-order valence-corrected chi connectivity index (χ0v) is 10.8. The van der Waals surface area contributed by atoms with Crippen LogP contribution in [0, 0.1) is 0 Å².